The van der Waals surface area contributed by atoms with Crippen molar-refractivity contribution in [3.63, 3.8) is 0 Å². The molecule has 0 bridgehead atoms. The van der Waals surface area contributed by atoms with Crippen LogP contribution in [0.15, 0.2) is 18.3 Å². The molecule has 1 rings (SSSR count). The maximum absolute atomic E-state index is 5.75. The monoisotopic (exact) mass is 221 g/mol. The van der Waals surface area contributed by atoms with Crippen molar-refractivity contribution in [3.05, 3.63) is 24.0 Å². The van der Waals surface area contributed by atoms with E-state index in [-0.39, 0.29) is 0 Å². The van der Waals surface area contributed by atoms with Crippen LogP contribution in [0.4, 0.5) is 5.69 Å². The van der Waals surface area contributed by atoms with Gasteiger partial charge in [-0.1, -0.05) is 13.8 Å². The molecule has 3 heteroatoms. The first-order valence-electron chi connectivity index (χ1n) is 5.93. The maximum atomic E-state index is 5.75. The highest BCUT2D eigenvalue weighted by atomic mass is 15.2. The van der Waals surface area contributed by atoms with Crippen LogP contribution >= 0.6 is 0 Å². The second-order valence-corrected chi connectivity index (χ2v) is 5.00. The van der Waals surface area contributed by atoms with E-state index < -0.39 is 0 Å². The van der Waals surface area contributed by atoms with Gasteiger partial charge in [-0.3, -0.25) is 9.88 Å². The Morgan fingerprint density at radius 3 is 2.50 bits per heavy atom. The largest absolute Gasteiger partial charge is 0.399 e. The van der Waals surface area contributed by atoms with Gasteiger partial charge in [0.05, 0.1) is 5.69 Å². The lowest BCUT2D eigenvalue weighted by molar-refractivity contribution is 0.187. The smallest absolute Gasteiger partial charge is 0.0564 e. The van der Waals surface area contributed by atoms with Gasteiger partial charge in [0.25, 0.3) is 0 Å². The summed E-state index contributed by atoms with van der Waals surface area (Å²) >= 11 is 0. The molecule has 0 fully saturated rings. The number of rotatable bonds is 5. The fourth-order valence-electron chi connectivity index (χ4n) is 1.72. The summed E-state index contributed by atoms with van der Waals surface area (Å²) in [5, 5.41) is 0. The Bertz CT molecular complexity index is 321. The van der Waals surface area contributed by atoms with Crippen molar-refractivity contribution in [3.8, 4) is 0 Å². The molecule has 2 N–H and O–H groups in total. The van der Waals surface area contributed by atoms with E-state index in [2.05, 4.69) is 37.6 Å². The topological polar surface area (TPSA) is 42.1 Å². The van der Waals surface area contributed by atoms with E-state index in [4.69, 9.17) is 5.73 Å². The first kappa shape index (κ1) is 13.0. The molecule has 0 amide bonds. The summed E-state index contributed by atoms with van der Waals surface area (Å²) in [6.45, 7) is 10.9. The molecular weight excluding hydrogens is 198 g/mol. The Kier molecular flexibility index (Phi) is 4.74. The van der Waals surface area contributed by atoms with Crippen molar-refractivity contribution in [1.29, 1.82) is 0 Å². The number of hydrogen-bond donors (Lipinski definition) is 1. The Labute approximate surface area is 98.7 Å². The van der Waals surface area contributed by atoms with E-state index in [9.17, 15) is 0 Å². The third-order valence-corrected chi connectivity index (χ3v) is 2.54. The van der Waals surface area contributed by atoms with Crippen LogP contribution in [-0.2, 0) is 6.54 Å². The molecule has 16 heavy (non-hydrogen) atoms. The fourth-order valence-corrected chi connectivity index (χ4v) is 1.72. The average Bonchev–Trinajstić information content (AvgIpc) is 2.15. The Balaban J connectivity index is 2.68. The van der Waals surface area contributed by atoms with Crippen LogP contribution in [0.3, 0.4) is 0 Å². The molecule has 0 saturated heterocycles. The molecule has 0 radical (unpaired) electrons. The van der Waals surface area contributed by atoms with Crippen molar-refractivity contribution in [1.82, 2.24) is 9.88 Å². The number of hydrogen-bond acceptors (Lipinski definition) is 3. The fraction of sp³-hybridized carbons (Fsp3) is 0.615. The zero-order valence-electron chi connectivity index (χ0n) is 10.8. The van der Waals surface area contributed by atoms with E-state index in [1.54, 1.807) is 6.20 Å². The molecule has 0 atom stereocenters. The molecule has 3 nitrogen and oxygen atoms in total. The van der Waals surface area contributed by atoms with Crippen molar-refractivity contribution >= 4 is 5.69 Å². The number of nitrogens with zero attached hydrogens (tertiary/aromatic N) is 2. The molecule has 0 aliphatic heterocycles. The second kappa shape index (κ2) is 5.85. The van der Waals surface area contributed by atoms with Crippen LogP contribution in [0.2, 0.25) is 0 Å². The van der Waals surface area contributed by atoms with Gasteiger partial charge >= 0.3 is 0 Å². The first-order valence-corrected chi connectivity index (χ1v) is 5.93. The molecule has 0 aliphatic carbocycles. The molecule has 0 unspecified atom stereocenters. The van der Waals surface area contributed by atoms with Gasteiger partial charge in [0.15, 0.2) is 0 Å². The second-order valence-electron chi connectivity index (χ2n) is 5.00. The van der Waals surface area contributed by atoms with Gasteiger partial charge in [-0.25, -0.2) is 0 Å². The first-order chi connectivity index (χ1) is 7.49. The van der Waals surface area contributed by atoms with Crippen molar-refractivity contribution < 1.29 is 0 Å². The van der Waals surface area contributed by atoms with E-state index in [0.29, 0.717) is 12.0 Å². The van der Waals surface area contributed by atoms with Crippen LogP contribution < -0.4 is 5.73 Å². The highest BCUT2D eigenvalue weighted by molar-refractivity contribution is 5.37. The van der Waals surface area contributed by atoms with E-state index in [0.717, 1.165) is 24.5 Å². The molecule has 0 saturated carbocycles. The maximum Gasteiger partial charge on any atom is 0.0564 e. The highest BCUT2D eigenvalue weighted by Gasteiger charge is 2.12. The Morgan fingerprint density at radius 2 is 2.00 bits per heavy atom. The van der Waals surface area contributed by atoms with Gasteiger partial charge in [0.2, 0.25) is 0 Å². The average molecular weight is 221 g/mol. The van der Waals surface area contributed by atoms with Crippen molar-refractivity contribution in [2.45, 2.75) is 40.3 Å². The van der Waals surface area contributed by atoms with Gasteiger partial charge in [0.1, 0.15) is 0 Å². The minimum absolute atomic E-state index is 0.533. The van der Waals surface area contributed by atoms with Crippen LogP contribution in [-0.4, -0.2) is 22.5 Å². The summed E-state index contributed by atoms with van der Waals surface area (Å²) in [7, 11) is 0. The number of pyridine rings is 1. The van der Waals surface area contributed by atoms with Gasteiger partial charge in [-0.05, 0) is 31.9 Å². The number of anilines is 1. The normalized spacial score (nSPS) is 11.7. The van der Waals surface area contributed by atoms with Crippen LogP contribution in [0.1, 0.15) is 33.4 Å². The van der Waals surface area contributed by atoms with Crippen molar-refractivity contribution in [2.75, 3.05) is 12.3 Å². The summed E-state index contributed by atoms with van der Waals surface area (Å²) in [4.78, 5) is 6.77. The molecule has 0 aromatic carbocycles. The number of aromatic nitrogens is 1. The lowest BCUT2D eigenvalue weighted by Gasteiger charge is -2.27. The summed E-state index contributed by atoms with van der Waals surface area (Å²) in [5.41, 5.74) is 7.59. The lowest BCUT2D eigenvalue weighted by atomic mass is 10.1. The summed E-state index contributed by atoms with van der Waals surface area (Å²) in [6.07, 6.45) is 1.78. The minimum Gasteiger partial charge on any atom is -0.399 e. The van der Waals surface area contributed by atoms with Gasteiger partial charge in [-0.2, -0.15) is 0 Å². The van der Waals surface area contributed by atoms with Crippen LogP contribution in [0, 0.1) is 5.92 Å². The molecule has 90 valence electrons. The van der Waals surface area contributed by atoms with Crippen molar-refractivity contribution in [2.24, 2.45) is 5.92 Å². The highest BCUT2D eigenvalue weighted by Crippen LogP contribution is 2.11. The van der Waals surface area contributed by atoms with Gasteiger partial charge in [-0.15, -0.1) is 0 Å². The molecule has 0 spiro atoms. The molecule has 1 heterocycles. The predicted molar refractivity (Wildman–Crippen MR) is 69.0 cm³/mol. The number of nitrogen functional groups attached to an aromatic ring is 1. The predicted octanol–water partition coefficient (Wildman–Crippen LogP) is 2.53. The van der Waals surface area contributed by atoms with Crippen LogP contribution in [0.5, 0.6) is 0 Å². The zero-order valence-corrected chi connectivity index (χ0v) is 10.8. The molecule has 0 aliphatic rings. The van der Waals surface area contributed by atoms with E-state index in [1.165, 1.54) is 0 Å². The third-order valence-electron chi connectivity index (χ3n) is 2.54. The quantitative estimate of drug-likeness (QED) is 0.830. The summed E-state index contributed by atoms with van der Waals surface area (Å²) in [5.74, 6) is 0.670. The summed E-state index contributed by atoms with van der Waals surface area (Å²) in [6, 6.07) is 4.31. The SMILES string of the molecule is CC(C)CN(Cc1cc(N)ccn1)C(C)C. The summed E-state index contributed by atoms with van der Waals surface area (Å²) < 4.78 is 0. The van der Waals surface area contributed by atoms with Gasteiger partial charge < -0.3 is 5.73 Å². The molecule has 1 aromatic heterocycles. The molecular formula is C13H23N3. The molecule has 1 aromatic rings. The Hall–Kier alpha value is -1.09. The Morgan fingerprint density at radius 1 is 1.31 bits per heavy atom. The van der Waals surface area contributed by atoms with Gasteiger partial charge in [0, 0.05) is 31.0 Å². The standard InChI is InChI=1S/C13H23N3/c1-10(2)8-16(11(3)4)9-13-7-12(14)5-6-15-13/h5-7,10-11H,8-9H2,1-4H3,(H2,14,15). The third kappa shape index (κ3) is 4.19. The lowest BCUT2D eigenvalue weighted by Crippen LogP contribution is -2.33. The minimum atomic E-state index is 0.533. The van der Waals surface area contributed by atoms with E-state index >= 15 is 0 Å². The number of nitrogens with two attached hydrogens (primary N) is 1. The van der Waals surface area contributed by atoms with Crippen LogP contribution in [0.25, 0.3) is 0 Å². The van der Waals surface area contributed by atoms with E-state index in [1.807, 2.05) is 12.1 Å². The zero-order chi connectivity index (χ0) is 12.1.